The van der Waals surface area contributed by atoms with Gasteiger partial charge in [0.25, 0.3) is 5.91 Å². The summed E-state index contributed by atoms with van der Waals surface area (Å²) in [7, 11) is 1.62. The minimum atomic E-state index is 0.0176. The van der Waals surface area contributed by atoms with Crippen molar-refractivity contribution >= 4 is 28.8 Å². The summed E-state index contributed by atoms with van der Waals surface area (Å²) in [4.78, 5) is 19.5. The zero-order valence-electron chi connectivity index (χ0n) is 16.0. The van der Waals surface area contributed by atoms with Crippen LogP contribution in [0.5, 0.6) is 11.5 Å². The second-order valence-electron chi connectivity index (χ2n) is 6.84. The van der Waals surface area contributed by atoms with E-state index in [1.54, 1.807) is 31.4 Å². The molecule has 0 atom stereocenters. The van der Waals surface area contributed by atoms with Crippen molar-refractivity contribution in [2.24, 2.45) is 0 Å². The fraction of sp³-hybridized carbons (Fsp3) is 0.273. The van der Waals surface area contributed by atoms with Crippen LogP contribution in [0.3, 0.4) is 0 Å². The quantitative estimate of drug-likeness (QED) is 0.495. The second kappa shape index (κ2) is 8.84. The molecule has 1 saturated carbocycles. The molecule has 7 heteroatoms. The van der Waals surface area contributed by atoms with E-state index in [0.29, 0.717) is 35.2 Å². The SMILES string of the molecule is COc1ccccc1OCc1nc(CN(C(=O)c2ccc(Cl)cc2)C2CC2)cs1. The number of rotatable bonds is 8. The van der Waals surface area contributed by atoms with E-state index in [2.05, 4.69) is 4.98 Å². The Bertz CT molecular complexity index is 986. The molecule has 0 bridgehead atoms. The number of carbonyl (C=O) groups excluding carboxylic acids is 1. The van der Waals surface area contributed by atoms with Gasteiger partial charge in [0.2, 0.25) is 0 Å². The molecule has 0 saturated heterocycles. The van der Waals surface area contributed by atoms with Crippen molar-refractivity contribution in [2.45, 2.75) is 32.0 Å². The molecular weight excluding hydrogens is 408 g/mol. The maximum absolute atomic E-state index is 12.9. The molecule has 2 aromatic carbocycles. The lowest BCUT2D eigenvalue weighted by Gasteiger charge is -2.21. The van der Waals surface area contributed by atoms with Gasteiger partial charge in [-0.3, -0.25) is 4.79 Å². The molecule has 1 aliphatic rings. The molecular formula is C22H21ClN2O3S. The van der Waals surface area contributed by atoms with Gasteiger partial charge < -0.3 is 14.4 Å². The van der Waals surface area contributed by atoms with Crippen molar-refractivity contribution in [3.8, 4) is 11.5 Å². The van der Waals surface area contributed by atoms with Crippen molar-refractivity contribution in [1.82, 2.24) is 9.88 Å². The first-order chi connectivity index (χ1) is 14.1. The molecule has 1 aliphatic carbocycles. The standard InChI is InChI=1S/C22H21ClN2O3S/c1-27-19-4-2-3-5-20(19)28-13-21-24-17(14-29-21)12-25(18-10-11-18)22(26)15-6-8-16(23)9-7-15/h2-9,14,18H,10-13H2,1H3. The summed E-state index contributed by atoms with van der Waals surface area (Å²) < 4.78 is 11.2. The van der Waals surface area contributed by atoms with Gasteiger partial charge in [0, 0.05) is 22.0 Å². The highest BCUT2D eigenvalue weighted by molar-refractivity contribution is 7.09. The van der Waals surface area contributed by atoms with Crippen LogP contribution in [0, 0.1) is 0 Å². The predicted octanol–water partition coefficient (Wildman–Crippen LogP) is 5.19. The molecule has 0 aliphatic heterocycles. The number of amides is 1. The minimum absolute atomic E-state index is 0.0176. The highest BCUT2D eigenvalue weighted by atomic mass is 35.5. The lowest BCUT2D eigenvalue weighted by atomic mass is 10.2. The number of hydrogen-bond acceptors (Lipinski definition) is 5. The van der Waals surface area contributed by atoms with Crippen molar-refractivity contribution in [2.75, 3.05) is 7.11 Å². The van der Waals surface area contributed by atoms with E-state index in [-0.39, 0.29) is 11.9 Å². The third-order valence-corrected chi connectivity index (χ3v) is 5.81. The van der Waals surface area contributed by atoms with Crippen LogP contribution in [0.15, 0.2) is 53.9 Å². The van der Waals surface area contributed by atoms with Crippen molar-refractivity contribution in [1.29, 1.82) is 0 Å². The topological polar surface area (TPSA) is 51.7 Å². The Morgan fingerprint density at radius 3 is 2.59 bits per heavy atom. The minimum Gasteiger partial charge on any atom is -0.493 e. The van der Waals surface area contributed by atoms with E-state index in [0.717, 1.165) is 23.5 Å². The number of halogens is 1. The molecule has 5 nitrogen and oxygen atoms in total. The first-order valence-corrected chi connectivity index (χ1v) is 10.7. The highest BCUT2D eigenvalue weighted by Crippen LogP contribution is 2.31. The Morgan fingerprint density at radius 1 is 1.17 bits per heavy atom. The Balaban J connectivity index is 1.41. The summed E-state index contributed by atoms with van der Waals surface area (Å²) in [6.45, 7) is 0.858. The van der Waals surface area contributed by atoms with E-state index in [9.17, 15) is 4.79 Å². The van der Waals surface area contributed by atoms with E-state index >= 15 is 0 Å². The molecule has 3 aromatic rings. The number of aromatic nitrogens is 1. The average Bonchev–Trinajstić information content (AvgIpc) is 3.49. The third kappa shape index (κ3) is 4.89. The molecule has 0 N–H and O–H groups in total. The predicted molar refractivity (Wildman–Crippen MR) is 114 cm³/mol. The van der Waals surface area contributed by atoms with Crippen LogP contribution in [-0.4, -0.2) is 28.9 Å². The Labute approximate surface area is 178 Å². The molecule has 0 spiro atoms. The van der Waals surface area contributed by atoms with Gasteiger partial charge in [-0.15, -0.1) is 11.3 Å². The number of methoxy groups -OCH3 is 1. The summed E-state index contributed by atoms with van der Waals surface area (Å²) >= 11 is 7.48. The third-order valence-electron chi connectivity index (χ3n) is 4.69. The maximum atomic E-state index is 12.9. The van der Waals surface area contributed by atoms with Crippen LogP contribution in [0.2, 0.25) is 5.02 Å². The molecule has 29 heavy (non-hydrogen) atoms. The van der Waals surface area contributed by atoms with Crippen molar-refractivity contribution in [3.05, 3.63) is 75.2 Å². The number of carbonyl (C=O) groups is 1. The lowest BCUT2D eigenvalue weighted by molar-refractivity contribution is 0.0728. The van der Waals surface area contributed by atoms with Crippen LogP contribution in [0.4, 0.5) is 0 Å². The molecule has 1 amide bonds. The van der Waals surface area contributed by atoms with Gasteiger partial charge in [0.1, 0.15) is 11.6 Å². The molecule has 1 heterocycles. The molecule has 4 rings (SSSR count). The van der Waals surface area contributed by atoms with Crippen molar-refractivity contribution < 1.29 is 14.3 Å². The highest BCUT2D eigenvalue weighted by Gasteiger charge is 2.33. The molecule has 1 fully saturated rings. The van der Waals surface area contributed by atoms with Crippen LogP contribution < -0.4 is 9.47 Å². The van der Waals surface area contributed by atoms with E-state index < -0.39 is 0 Å². The first kappa shape index (κ1) is 19.7. The fourth-order valence-electron chi connectivity index (χ4n) is 3.05. The van der Waals surface area contributed by atoms with Gasteiger partial charge in [-0.05, 0) is 49.2 Å². The zero-order chi connectivity index (χ0) is 20.2. The average molecular weight is 429 g/mol. The summed E-state index contributed by atoms with van der Waals surface area (Å²) in [5, 5.41) is 3.48. The van der Waals surface area contributed by atoms with Gasteiger partial charge in [-0.1, -0.05) is 23.7 Å². The first-order valence-electron chi connectivity index (χ1n) is 9.39. The van der Waals surface area contributed by atoms with Gasteiger partial charge in [0.15, 0.2) is 11.5 Å². The molecule has 1 aromatic heterocycles. The van der Waals surface area contributed by atoms with E-state index in [4.69, 9.17) is 21.1 Å². The summed E-state index contributed by atoms with van der Waals surface area (Å²) in [6.07, 6.45) is 2.07. The Hall–Kier alpha value is -2.57. The number of benzene rings is 2. The van der Waals surface area contributed by atoms with E-state index in [1.807, 2.05) is 34.5 Å². The largest absolute Gasteiger partial charge is 0.493 e. The zero-order valence-corrected chi connectivity index (χ0v) is 17.6. The normalized spacial score (nSPS) is 13.2. The summed E-state index contributed by atoms with van der Waals surface area (Å²) in [5.74, 6) is 1.39. The van der Waals surface area contributed by atoms with E-state index in [1.165, 1.54) is 11.3 Å². The molecule has 0 radical (unpaired) electrons. The molecule has 150 valence electrons. The fourth-order valence-corrected chi connectivity index (χ4v) is 3.87. The number of nitrogens with zero attached hydrogens (tertiary/aromatic N) is 2. The lowest BCUT2D eigenvalue weighted by Crippen LogP contribution is -2.32. The summed E-state index contributed by atoms with van der Waals surface area (Å²) in [5.41, 5.74) is 1.53. The van der Waals surface area contributed by atoms with Crippen molar-refractivity contribution in [3.63, 3.8) is 0 Å². The number of ether oxygens (including phenoxy) is 2. The van der Waals surface area contributed by atoms with Crippen LogP contribution >= 0.6 is 22.9 Å². The molecule has 0 unspecified atom stereocenters. The monoisotopic (exact) mass is 428 g/mol. The van der Waals surface area contributed by atoms with Crippen LogP contribution in [-0.2, 0) is 13.2 Å². The second-order valence-corrected chi connectivity index (χ2v) is 8.22. The van der Waals surface area contributed by atoms with Crippen LogP contribution in [0.25, 0.3) is 0 Å². The van der Waals surface area contributed by atoms with Crippen LogP contribution in [0.1, 0.15) is 33.9 Å². The number of thiazole rings is 1. The van der Waals surface area contributed by atoms with Gasteiger partial charge >= 0.3 is 0 Å². The van der Waals surface area contributed by atoms with Gasteiger partial charge in [0.05, 0.1) is 19.3 Å². The Morgan fingerprint density at radius 2 is 1.90 bits per heavy atom. The number of hydrogen-bond donors (Lipinski definition) is 0. The Kier molecular flexibility index (Phi) is 6.02. The summed E-state index contributed by atoms with van der Waals surface area (Å²) in [6, 6.07) is 14.9. The smallest absolute Gasteiger partial charge is 0.254 e. The van der Waals surface area contributed by atoms with Gasteiger partial charge in [-0.25, -0.2) is 4.98 Å². The number of para-hydroxylation sites is 2. The van der Waals surface area contributed by atoms with Gasteiger partial charge in [-0.2, -0.15) is 0 Å². The maximum Gasteiger partial charge on any atom is 0.254 e.